The van der Waals surface area contributed by atoms with Crippen molar-refractivity contribution in [1.82, 2.24) is 5.16 Å². The Morgan fingerprint density at radius 3 is 2.88 bits per heavy atom. The molecule has 0 saturated carbocycles. The predicted octanol–water partition coefficient (Wildman–Crippen LogP) is 1.42. The van der Waals surface area contributed by atoms with E-state index in [1.807, 2.05) is 12.1 Å². The number of nitrogens with two attached hydrogens (primary N) is 1. The summed E-state index contributed by atoms with van der Waals surface area (Å²) in [5.41, 5.74) is 6.89. The number of nitrogens with zero attached hydrogens (tertiary/aromatic N) is 1. The number of anilines is 1. The van der Waals surface area contributed by atoms with Gasteiger partial charge in [0.2, 0.25) is 0 Å². The molecule has 2 aromatic rings. The van der Waals surface area contributed by atoms with Crippen LogP contribution in [0.3, 0.4) is 0 Å². The van der Waals surface area contributed by atoms with E-state index < -0.39 is 0 Å². The average Bonchev–Trinajstić information content (AvgIpc) is 2.74. The first-order valence-corrected chi connectivity index (χ1v) is 4.75. The largest absolute Gasteiger partial charge is 0.496 e. The van der Waals surface area contributed by atoms with Gasteiger partial charge in [-0.25, -0.2) is 0 Å². The molecule has 0 bridgehead atoms. The molecule has 0 amide bonds. The number of hydrogen-bond donors (Lipinski definition) is 2. The van der Waals surface area contributed by atoms with Crippen molar-refractivity contribution in [2.75, 3.05) is 12.8 Å². The minimum atomic E-state index is -0.0966. The van der Waals surface area contributed by atoms with Gasteiger partial charge >= 0.3 is 0 Å². The number of hydrogen-bond acceptors (Lipinski definition) is 5. The number of aromatic nitrogens is 1. The Bertz CT molecular complexity index is 494. The molecule has 0 saturated heterocycles. The third-order valence-corrected chi connectivity index (χ3v) is 2.26. The lowest BCUT2D eigenvalue weighted by molar-refractivity contribution is 0.274. The molecule has 0 atom stereocenters. The summed E-state index contributed by atoms with van der Waals surface area (Å²) in [7, 11) is 1.54. The summed E-state index contributed by atoms with van der Waals surface area (Å²) < 4.78 is 10.3. The molecule has 2 rings (SSSR count). The van der Waals surface area contributed by atoms with Crippen molar-refractivity contribution < 1.29 is 14.4 Å². The minimum Gasteiger partial charge on any atom is -0.496 e. The number of para-hydroxylation sites is 1. The topological polar surface area (TPSA) is 81.5 Å². The molecule has 0 aliphatic heterocycles. The third-order valence-electron chi connectivity index (χ3n) is 2.26. The van der Waals surface area contributed by atoms with Gasteiger partial charge in [-0.05, 0) is 6.07 Å². The number of rotatable bonds is 3. The molecular weight excluding hydrogens is 208 g/mol. The molecule has 16 heavy (non-hydrogen) atoms. The van der Waals surface area contributed by atoms with Crippen molar-refractivity contribution in [3.05, 3.63) is 29.8 Å². The molecule has 1 aromatic heterocycles. The zero-order valence-corrected chi connectivity index (χ0v) is 8.80. The van der Waals surface area contributed by atoms with Gasteiger partial charge in [-0.1, -0.05) is 17.3 Å². The lowest BCUT2D eigenvalue weighted by Crippen LogP contribution is -1.94. The van der Waals surface area contributed by atoms with E-state index in [1.54, 1.807) is 12.1 Å². The molecule has 0 radical (unpaired) electrons. The maximum atomic E-state index is 9.18. The van der Waals surface area contributed by atoms with Crippen LogP contribution in [0.5, 0.6) is 5.75 Å². The highest BCUT2D eigenvalue weighted by Gasteiger charge is 2.13. The quantitative estimate of drug-likeness (QED) is 0.817. The van der Waals surface area contributed by atoms with Crippen LogP contribution in [0.2, 0.25) is 0 Å². The van der Waals surface area contributed by atoms with E-state index in [2.05, 4.69) is 5.16 Å². The Balaban J connectivity index is 2.56. The fourth-order valence-corrected chi connectivity index (χ4v) is 1.56. The number of benzene rings is 1. The molecule has 5 heteroatoms. The van der Waals surface area contributed by atoms with Gasteiger partial charge < -0.3 is 20.1 Å². The van der Waals surface area contributed by atoms with Gasteiger partial charge in [0.1, 0.15) is 5.75 Å². The van der Waals surface area contributed by atoms with E-state index >= 15 is 0 Å². The predicted molar refractivity (Wildman–Crippen MR) is 58.8 cm³/mol. The Morgan fingerprint density at radius 2 is 2.31 bits per heavy atom. The van der Waals surface area contributed by atoms with E-state index in [0.717, 1.165) is 5.56 Å². The number of ether oxygens (including phenoxy) is 1. The molecular formula is C11H12N2O3. The molecule has 3 N–H and O–H groups in total. The second-order valence-electron chi connectivity index (χ2n) is 3.27. The number of methoxy groups -OCH3 is 1. The van der Waals surface area contributed by atoms with Crippen molar-refractivity contribution in [3.63, 3.8) is 0 Å². The molecule has 0 aliphatic carbocycles. The van der Waals surface area contributed by atoms with Crippen molar-refractivity contribution in [2.24, 2.45) is 0 Å². The van der Waals surface area contributed by atoms with Crippen molar-refractivity contribution >= 4 is 5.82 Å². The monoisotopic (exact) mass is 220 g/mol. The van der Waals surface area contributed by atoms with Crippen LogP contribution in [-0.2, 0) is 6.61 Å². The minimum absolute atomic E-state index is 0.0966. The van der Waals surface area contributed by atoms with E-state index in [9.17, 15) is 5.11 Å². The molecule has 1 heterocycles. The van der Waals surface area contributed by atoms with E-state index in [1.165, 1.54) is 7.11 Å². The first-order valence-electron chi connectivity index (χ1n) is 4.75. The van der Waals surface area contributed by atoms with Gasteiger partial charge in [-0.3, -0.25) is 0 Å². The van der Waals surface area contributed by atoms with Crippen LogP contribution in [0.1, 0.15) is 5.56 Å². The highest BCUT2D eigenvalue weighted by Crippen LogP contribution is 2.33. The Labute approximate surface area is 92.4 Å². The van der Waals surface area contributed by atoms with Crippen LogP contribution in [0.25, 0.3) is 11.3 Å². The zero-order chi connectivity index (χ0) is 11.5. The molecule has 5 nitrogen and oxygen atoms in total. The van der Waals surface area contributed by atoms with Gasteiger partial charge in [0, 0.05) is 11.6 Å². The summed E-state index contributed by atoms with van der Waals surface area (Å²) >= 11 is 0. The van der Waals surface area contributed by atoms with Crippen LogP contribution >= 0.6 is 0 Å². The van der Waals surface area contributed by atoms with Gasteiger partial charge in [-0.2, -0.15) is 0 Å². The highest BCUT2D eigenvalue weighted by atomic mass is 16.5. The van der Waals surface area contributed by atoms with Gasteiger partial charge in [-0.15, -0.1) is 0 Å². The van der Waals surface area contributed by atoms with E-state index in [-0.39, 0.29) is 6.61 Å². The first kappa shape index (κ1) is 10.5. The molecule has 0 fully saturated rings. The molecule has 84 valence electrons. The van der Waals surface area contributed by atoms with Gasteiger partial charge in [0.25, 0.3) is 0 Å². The van der Waals surface area contributed by atoms with Crippen LogP contribution in [0.15, 0.2) is 28.8 Å². The summed E-state index contributed by atoms with van der Waals surface area (Å²) in [4.78, 5) is 0. The highest BCUT2D eigenvalue weighted by molar-refractivity contribution is 5.69. The summed E-state index contributed by atoms with van der Waals surface area (Å²) in [5.74, 6) is 1.40. The summed E-state index contributed by atoms with van der Waals surface area (Å²) in [5, 5.41) is 12.8. The number of nitrogen functional groups attached to an aromatic ring is 1. The fraction of sp³-hybridized carbons (Fsp3) is 0.182. The lowest BCUT2D eigenvalue weighted by atomic mass is 10.1. The lowest BCUT2D eigenvalue weighted by Gasteiger charge is -2.09. The smallest absolute Gasteiger partial charge is 0.172 e. The Kier molecular flexibility index (Phi) is 2.78. The van der Waals surface area contributed by atoms with Crippen LogP contribution in [-0.4, -0.2) is 17.4 Å². The van der Waals surface area contributed by atoms with Crippen LogP contribution in [0, 0.1) is 0 Å². The first-order chi connectivity index (χ1) is 7.76. The van der Waals surface area contributed by atoms with Crippen LogP contribution in [0.4, 0.5) is 5.82 Å². The second kappa shape index (κ2) is 4.24. The summed E-state index contributed by atoms with van der Waals surface area (Å²) in [6.07, 6.45) is 0. The van der Waals surface area contributed by atoms with E-state index in [0.29, 0.717) is 22.9 Å². The Hall–Kier alpha value is -2.01. The van der Waals surface area contributed by atoms with Gasteiger partial charge in [0.15, 0.2) is 11.6 Å². The van der Waals surface area contributed by atoms with E-state index in [4.69, 9.17) is 15.0 Å². The summed E-state index contributed by atoms with van der Waals surface area (Å²) in [6.45, 7) is -0.0966. The number of aliphatic hydroxyl groups excluding tert-OH is 1. The maximum Gasteiger partial charge on any atom is 0.172 e. The van der Waals surface area contributed by atoms with Crippen LogP contribution < -0.4 is 10.5 Å². The summed E-state index contributed by atoms with van der Waals surface area (Å²) in [6, 6.07) is 7.02. The molecule has 0 aliphatic rings. The molecule has 0 unspecified atom stereocenters. The standard InChI is InChI=1S/C11H12N2O3/c1-15-11-7(6-14)3-2-4-8(11)9-5-10(12)13-16-9/h2-5,14H,6H2,1H3,(H2,12,13). The fourth-order valence-electron chi connectivity index (χ4n) is 1.56. The normalized spacial score (nSPS) is 10.4. The average molecular weight is 220 g/mol. The third kappa shape index (κ3) is 1.72. The van der Waals surface area contributed by atoms with Crippen molar-refractivity contribution in [3.8, 4) is 17.1 Å². The number of aliphatic hydroxyl groups is 1. The molecule has 1 aromatic carbocycles. The molecule has 0 spiro atoms. The van der Waals surface area contributed by atoms with Gasteiger partial charge in [0.05, 0.1) is 19.3 Å². The van der Waals surface area contributed by atoms with Crippen molar-refractivity contribution in [1.29, 1.82) is 0 Å². The second-order valence-corrected chi connectivity index (χ2v) is 3.27. The maximum absolute atomic E-state index is 9.18. The van der Waals surface area contributed by atoms with Crippen molar-refractivity contribution in [2.45, 2.75) is 6.61 Å². The SMILES string of the molecule is COc1c(CO)cccc1-c1cc(N)no1. The zero-order valence-electron chi connectivity index (χ0n) is 8.80. The Morgan fingerprint density at radius 1 is 1.50 bits per heavy atom.